The summed E-state index contributed by atoms with van der Waals surface area (Å²) in [5.41, 5.74) is 3.97. The van der Waals surface area contributed by atoms with Crippen molar-refractivity contribution in [2.24, 2.45) is 0 Å². The largest absolute Gasteiger partial charge is 0.378 e. The van der Waals surface area contributed by atoms with Crippen molar-refractivity contribution >= 4 is 17.4 Å². The molecule has 0 aromatic heterocycles. The summed E-state index contributed by atoms with van der Waals surface area (Å²) < 4.78 is 0. The van der Waals surface area contributed by atoms with Gasteiger partial charge in [0.15, 0.2) is 0 Å². The molecule has 2 aromatic carbocycles. The van der Waals surface area contributed by atoms with Crippen LogP contribution in [0.5, 0.6) is 0 Å². The lowest BCUT2D eigenvalue weighted by Crippen LogP contribution is -2.15. The Bertz CT molecular complexity index is 550. The van der Waals surface area contributed by atoms with Crippen molar-refractivity contribution in [2.75, 3.05) is 11.1 Å². The number of hydrogen-bond donors (Lipinski definition) is 1. The van der Waals surface area contributed by atoms with Crippen molar-refractivity contribution in [3.63, 3.8) is 0 Å². The average Bonchev–Trinajstić information content (AvgIpc) is 2.39. The molecular formula is C16H17NS. The molecule has 2 aromatic rings. The van der Waals surface area contributed by atoms with Gasteiger partial charge >= 0.3 is 0 Å². The maximum Gasteiger partial charge on any atom is 0.0532 e. The smallest absolute Gasteiger partial charge is 0.0532 e. The SMILES string of the molecule is Cc1cccc(NC2CCSc3ccccc32)c1. The lowest BCUT2D eigenvalue weighted by molar-refractivity contribution is 0.728. The maximum absolute atomic E-state index is 3.66. The number of aryl methyl sites for hydroxylation is 1. The summed E-state index contributed by atoms with van der Waals surface area (Å²) in [6, 6.07) is 17.8. The van der Waals surface area contributed by atoms with E-state index in [1.54, 1.807) is 0 Å². The highest BCUT2D eigenvalue weighted by atomic mass is 32.2. The average molecular weight is 255 g/mol. The Morgan fingerprint density at radius 3 is 2.89 bits per heavy atom. The Kier molecular flexibility index (Phi) is 3.28. The lowest BCUT2D eigenvalue weighted by Gasteiger charge is -2.26. The van der Waals surface area contributed by atoms with Gasteiger partial charge in [0.1, 0.15) is 0 Å². The number of fused-ring (bicyclic) bond motifs is 1. The number of nitrogens with one attached hydrogen (secondary N) is 1. The molecule has 0 fully saturated rings. The zero-order valence-corrected chi connectivity index (χ0v) is 11.3. The molecule has 1 N–H and O–H groups in total. The summed E-state index contributed by atoms with van der Waals surface area (Å²) in [6.07, 6.45) is 1.19. The van der Waals surface area contributed by atoms with Gasteiger partial charge in [-0.25, -0.2) is 0 Å². The minimum absolute atomic E-state index is 0.448. The molecule has 1 aliphatic heterocycles. The van der Waals surface area contributed by atoms with Crippen molar-refractivity contribution in [1.82, 2.24) is 0 Å². The number of rotatable bonds is 2. The Morgan fingerprint density at radius 1 is 1.11 bits per heavy atom. The van der Waals surface area contributed by atoms with E-state index in [9.17, 15) is 0 Å². The van der Waals surface area contributed by atoms with E-state index in [1.807, 2.05) is 11.8 Å². The van der Waals surface area contributed by atoms with Crippen molar-refractivity contribution < 1.29 is 0 Å². The van der Waals surface area contributed by atoms with Gasteiger partial charge in [0.05, 0.1) is 6.04 Å². The molecule has 1 aliphatic rings. The molecule has 0 aliphatic carbocycles. The zero-order chi connectivity index (χ0) is 12.4. The van der Waals surface area contributed by atoms with Crippen LogP contribution in [0.2, 0.25) is 0 Å². The van der Waals surface area contributed by atoms with Gasteiger partial charge in [0.25, 0.3) is 0 Å². The molecule has 0 amide bonds. The van der Waals surface area contributed by atoms with Crippen molar-refractivity contribution in [2.45, 2.75) is 24.3 Å². The molecule has 1 nitrogen and oxygen atoms in total. The van der Waals surface area contributed by atoms with Crippen molar-refractivity contribution in [1.29, 1.82) is 0 Å². The summed E-state index contributed by atoms with van der Waals surface area (Å²) in [7, 11) is 0. The first-order valence-electron chi connectivity index (χ1n) is 6.38. The van der Waals surface area contributed by atoms with E-state index >= 15 is 0 Å². The number of anilines is 1. The van der Waals surface area contributed by atoms with Gasteiger partial charge in [-0.15, -0.1) is 11.8 Å². The zero-order valence-electron chi connectivity index (χ0n) is 10.5. The highest BCUT2D eigenvalue weighted by molar-refractivity contribution is 7.99. The highest BCUT2D eigenvalue weighted by Gasteiger charge is 2.19. The Balaban J connectivity index is 1.86. The van der Waals surface area contributed by atoms with Crippen LogP contribution in [0.4, 0.5) is 5.69 Å². The second-order valence-corrected chi connectivity index (χ2v) is 5.88. The standard InChI is InChI=1S/C16H17NS/c1-12-5-4-6-13(11-12)17-15-9-10-18-16-8-3-2-7-14(15)16/h2-8,11,15,17H,9-10H2,1H3. The van der Waals surface area contributed by atoms with Gasteiger partial charge in [0.2, 0.25) is 0 Å². The predicted molar refractivity (Wildman–Crippen MR) is 79.3 cm³/mol. The molecule has 92 valence electrons. The van der Waals surface area contributed by atoms with Crippen LogP contribution in [0, 0.1) is 6.92 Å². The quantitative estimate of drug-likeness (QED) is 0.838. The van der Waals surface area contributed by atoms with Crippen LogP contribution in [-0.2, 0) is 0 Å². The van der Waals surface area contributed by atoms with E-state index in [0.29, 0.717) is 6.04 Å². The Labute approximate surface area is 113 Å². The molecule has 0 saturated carbocycles. The first-order chi connectivity index (χ1) is 8.83. The van der Waals surface area contributed by atoms with Gasteiger partial charge in [-0.1, -0.05) is 30.3 Å². The summed E-state index contributed by atoms with van der Waals surface area (Å²) in [4.78, 5) is 1.42. The summed E-state index contributed by atoms with van der Waals surface area (Å²) in [5, 5.41) is 3.66. The third-order valence-corrected chi connectivity index (χ3v) is 4.44. The van der Waals surface area contributed by atoms with Crippen LogP contribution in [0.1, 0.15) is 23.6 Å². The van der Waals surface area contributed by atoms with Crippen LogP contribution >= 0.6 is 11.8 Å². The topological polar surface area (TPSA) is 12.0 Å². The molecule has 1 heterocycles. The van der Waals surface area contributed by atoms with Crippen LogP contribution in [-0.4, -0.2) is 5.75 Å². The molecule has 0 bridgehead atoms. The minimum Gasteiger partial charge on any atom is -0.378 e. The monoisotopic (exact) mass is 255 g/mol. The minimum atomic E-state index is 0.448. The fourth-order valence-electron chi connectivity index (χ4n) is 2.43. The third kappa shape index (κ3) is 2.39. The molecule has 0 spiro atoms. The molecule has 1 atom stereocenters. The van der Waals surface area contributed by atoms with Gasteiger partial charge in [-0.05, 0) is 42.7 Å². The van der Waals surface area contributed by atoms with Gasteiger partial charge < -0.3 is 5.32 Å². The molecule has 2 heteroatoms. The fraction of sp³-hybridized carbons (Fsp3) is 0.250. The van der Waals surface area contributed by atoms with Gasteiger partial charge in [-0.2, -0.15) is 0 Å². The summed E-state index contributed by atoms with van der Waals surface area (Å²) in [5.74, 6) is 1.19. The van der Waals surface area contributed by atoms with E-state index in [4.69, 9.17) is 0 Å². The van der Waals surface area contributed by atoms with E-state index in [-0.39, 0.29) is 0 Å². The van der Waals surface area contributed by atoms with Crippen LogP contribution in [0.3, 0.4) is 0 Å². The van der Waals surface area contributed by atoms with E-state index in [2.05, 4.69) is 60.8 Å². The molecule has 0 saturated heterocycles. The molecule has 1 unspecified atom stereocenters. The normalized spacial score (nSPS) is 18.2. The molecule has 18 heavy (non-hydrogen) atoms. The number of hydrogen-bond acceptors (Lipinski definition) is 2. The van der Waals surface area contributed by atoms with E-state index < -0.39 is 0 Å². The summed E-state index contributed by atoms with van der Waals surface area (Å²) in [6.45, 7) is 2.13. The fourth-order valence-corrected chi connectivity index (χ4v) is 3.55. The molecule has 3 rings (SSSR count). The predicted octanol–water partition coefficient (Wildman–Crippen LogP) is 4.64. The first kappa shape index (κ1) is 11.7. The van der Waals surface area contributed by atoms with Crippen LogP contribution in [0.15, 0.2) is 53.4 Å². The Hall–Kier alpha value is -1.41. The lowest BCUT2D eigenvalue weighted by atomic mass is 10.0. The maximum atomic E-state index is 3.66. The van der Waals surface area contributed by atoms with Gasteiger partial charge in [-0.3, -0.25) is 0 Å². The highest BCUT2D eigenvalue weighted by Crippen LogP contribution is 2.37. The van der Waals surface area contributed by atoms with Gasteiger partial charge in [0, 0.05) is 16.3 Å². The first-order valence-corrected chi connectivity index (χ1v) is 7.36. The second kappa shape index (κ2) is 5.07. The van der Waals surface area contributed by atoms with Crippen LogP contribution in [0.25, 0.3) is 0 Å². The molecular weight excluding hydrogens is 238 g/mol. The third-order valence-electron chi connectivity index (χ3n) is 3.32. The second-order valence-electron chi connectivity index (χ2n) is 4.74. The molecule has 0 radical (unpaired) electrons. The van der Waals surface area contributed by atoms with E-state index in [0.717, 1.165) is 0 Å². The Morgan fingerprint density at radius 2 is 2.00 bits per heavy atom. The van der Waals surface area contributed by atoms with Crippen molar-refractivity contribution in [3.8, 4) is 0 Å². The number of benzene rings is 2. The number of thioether (sulfide) groups is 1. The van der Waals surface area contributed by atoms with Crippen LogP contribution < -0.4 is 5.32 Å². The summed E-state index contributed by atoms with van der Waals surface area (Å²) >= 11 is 1.97. The van der Waals surface area contributed by atoms with E-state index in [1.165, 1.54) is 33.9 Å². The van der Waals surface area contributed by atoms with Crippen molar-refractivity contribution in [3.05, 3.63) is 59.7 Å².